The van der Waals surface area contributed by atoms with Crippen LogP contribution in [0.2, 0.25) is 0 Å². The first-order valence-corrected chi connectivity index (χ1v) is 12.5. The summed E-state index contributed by atoms with van der Waals surface area (Å²) in [4.78, 5) is 6.96. The van der Waals surface area contributed by atoms with Crippen molar-refractivity contribution in [3.63, 3.8) is 0 Å². The maximum Gasteiger partial charge on any atom is 0.203 e. The minimum Gasteiger partial charge on any atom is -0.392 e. The van der Waals surface area contributed by atoms with E-state index in [0.717, 1.165) is 40.8 Å². The molecule has 1 aliphatic rings. The molecule has 0 saturated carbocycles. The van der Waals surface area contributed by atoms with Crippen LogP contribution in [0.1, 0.15) is 18.7 Å². The summed E-state index contributed by atoms with van der Waals surface area (Å²) in [6, 6.07) is 18.3. The Kier molecular flexibility index (Phi) is 6.20. The average molecular weight is 470 g/mol. The molecule has 1 unspecified atom stereocenters. The third kappa shape index (κ3) is 4.61. The van der Waals surface area contributed by atoms with Gasteiger partial charge in [-0.05, 0) is 49.3 Å². The summed E-state index contributed by atoms with van der Waals surface area (Å²) in [6.07, 6.45) is 1.59. The molecule has 1 atom stereocenters. The van der Waals surface area contributed by atoms with Gasteiger partial charge in [0.2, 0.25) is 4.77 Å². The average Bonchev–Trinajstić information content (AvgIpc) is 3.33. The van der Waals surface area contributed by atoms with Crippen LogP contribution >= 0.6 is 35.3 Å². The second-order valence-corrected chi connectivity index (χ2v) is 10.2. The number of aliphatic hydroxyl groups excluding tert-OH is 1. The van der Waals surface area contributed by atoms with E-state index in [2.05, 4.69) is 27.7 Å². The molecular weight excluding hydrogens is 446 g/mol. The largest absolute Gasteiger partial charge is 0.392 e. The Morgan fingerprint density at radius 3 is 2.74 bits per heavy atom. The maximum atomic E-state index is 10.0. The van der Waals surface area contributed by atoms with Crippen LogP contribution in [0.15, 0.2) is 58.9 Å². The Morgan fingerprint density at radius 1 is 1.13 bits per heavy atom. The van der Waals surface area contributed by atoms with E-state index in [1.165, 1.54) is 4.70 Å². The molecule has 5 rings (SSSR count). The number of likely N-dealkylation sites (tertiary alicyclic amines) is 1. The quantitative estimate of drug-likeness (QED) is 0.326. The van der Waals surface area contributed by atoms with Gasteiger partial charge in [-0.2, -0.15) is 5.10 Å². The van der Waals surface area contributed by atoms with E-state index < -0.39 is 0 Å². The highest BCUT2D eigenvalue weighted by Gasteiger charge is 2.20. The van der Waals surface area contributed by atoms with Crippen molar-refractivity contribution in [2.45, 2.75) is 35.7 Å². The molecule has 2 aromatic carbocycles. The molecule has 0 aliphatic carbocycles. The first kappa shape index (κ1) is 20.8. The van der Waals surface area contributed by atoms with Crippen molar-refractivity contribution in [1.82, 2.24) is 24.2 Å². The van der Waals surface area contributed by atoms with Crippen molar-refractivity contribution in [2.24, 2.45) is 0 Å². The van der Waals surface area contributed by atoms with Gasteiger partial charge in [0.05, 0.1) is 28.7 Å². The lowest BCUT2D eigenvalue weighted by Crippen LogP contribution is -2.39. The highest BCUT2D eigenvalue weighted by molar-refractivity contribution is 8.00. The van der Waals surface area contributed by atoms with E-state index >= 15 is 0 Å². The molecule has 31 heavy (non-hydrogen) atoms. The number of benzene rings is 2. The van der Waals surface area contributed by atoms with Gasteiger partial charge in [-0.1, -0.05) is 42.1 Å². The number of hydrogen-bond acceptors (Lipinski definition) is 7. The molecule has 0 bridgehead atoms. The normalized spacial score (nSPS) is 17.4. The van der Waals surface area contributed by atoms with Crippen LogP contribution < -0.4 is 0 Å². The predicted molar refractivity (Wildman–Crippen MR) is 128 cm³/mol. The smallest absolute Gasteiger partial charge is 0.203 e. The number of fused-ring (bicyclic) bond motifs is 1. The van der Waals surface area contributed by atoms with Crippen molar-refractivity contribution in [1.29, 1.82) is 0 Å². The lowest BCUT2D eigenvalue weighted by atomic mass is 10.1. The van der Waals surface area contributed by atoms with E-state index in [-0.39, 0.29) is 6.10 Å². The summed E-state index contributed by atoms with van der Waals surface area (Å²) in [5.74, 6) is 1.58. The predicted octanol–water partition coefficient (Wildman–Crippen LogP) is 4.72. The minimum atomic E-state index is -0.270. The molecule has 0 amide bonds. The van der Waals surface area contributed by atoms with Gasteiger partial charge in [0, 0.05) is 18.8 Å². The number of aliphatic hydroxyl groups is 1. The zero-order valence-electron chi connectivity index (χ0n) is 16.9. The number of piperidine rings is 1. The molecule has 9 heteroatoms. The summed E-state index contributed by atoms with van der Waals surface area (Å²) in [5.41, 5.74) is 2.04. The van der Waals surface area contributed by atoms with Crippen LogP contribution in [0.5, 0.6) is 0 Å². The summed E-state index contributed by atoms with van der Waals surface area (Å²) in [6.45, 7) is 2.21. The first-order chi connectivity index (χ1) is 15.2. The number of thioether (sulfide) groups is 1. The SMILES string of the molecule is OC1CCCN(Cn2nc(CSc3nc4ccccc4s3)n(-c3ccccc3)c2=S)C1. The third-order valence-electron chi connectivity index (χ3n) is 5.33. The van der Waals surface area contributed by atoms with Crippen molar-refractivity contribution < 1.29 is 5.11 Å². The second kappa shape index (κ2) is 9.22. The van der Waals surface area contributed by atoms with E-state index in [0.29, 0.717) is 23.7 Å². The van der Waals surface area contributed by atoms with Crippen LogP contribution in [-0.2, 0) is 12.4 Å². The van der Waals surface area contributed by atoms with E-state index in [1.807, 2.05) is 41.1 Å². The molecule has 0 spiro atoms. The van der Waals surface area contributed by atoms with E-state index in [9.17, 15) is 5.11 Å². The Morgan fingerprint density at radius 2 is 1.94 bits per heavy atom. The topological polar surface area (TPSA) is 59.1 Å². The number of rotatable bonds is 6. The fourth-order valence-corrected chi connectivity index (χ4v) is 6.15. The molecule has 0 radical (unpaired) electrons. The van der Waals surface area contributed by atoms with Crippen molar-refractivity contribution in [2.75, 3.05) is 13.1 Å². The van der Waals surface area contributed by atoms with Crippen LogP contribution in [0, 0.1) is 4.77 Å². The Labute approximate surface area is 194 Å². The van der Waals surface area contributed by atoms with Crippen molar-refractivity contribution >= 4 is 45.5 Å². The monoisotopic (exact) mass is 469 g/mol. The van der Waals surface area contributed by atoms with Gasteiger partial charge in [-0.25, -0.2) is 9.67 Å². The molecular formula is C22H23N5OS3. The highest BCUT2D eigenvalue weighted by Crippen LogP contribution is 2.31. The summed E-state index contributed by atoms with van der Waals surface area (Å²) in [7, 11) is 0. The lowest BCUT2D eigenvalue weighted by molar-refractivity contribution is 0.0512. The lowest BCUT2D eigenvalue weighted by Gasteiger charge is -2.29. The van der Waals surface area contributed by atoms with Gasteiger partial charge in [0.15, 0.2) is 4.34 Å². The van der Waals surface area contributed by atoms with Gasteiger partial charge in [-0.3, -0.25) is 9.47 Å². The standard InChI is InChI=1S/C22H23N5OS3/c28-17-9-6-12-25(13-17)15-26-22(29)27(16-7-2-1-3-8-16)20(24-26)14-30-21-23-18-10-4-5-11-19(18)31-21/h1-5,7-8,10-11,17,28H,6,9,12-15H2. The number of aromatic nitrogens is 4. The van der Waals surface area contributed by atoms with Crippen LogP contribution in [0.4, 0.5) is 0 Å². The molecule has 160 valence electrons. The molecule has 4 aromatic rings. The zero-order valence-corrected chi connectivity index (χ0v) is 19.4. The second-order valence-electron chi connectivity index (χ2n) is 7.62. The number of β-amino-alcohol motifs (C(OH)–C–C–N with tert-alkyl or cyclic N) is 1. The van der Waals surface area contributed by atoms with Crippen LogP contribution in [-0.4, -0.2) is 48.5 Å². The third-order valence-corrected chi connectivity index (χ3v) is 7.90. The Hall–Kier alpha value is -2.04. The zero-order chi connectivity index (χ0) is 21.2. The van der Waals surface area contributed by atoms with Crippen molar-refractivity contribution in [3.8, 4) is 5.69 Å². The molecule has 1 fully saturated rings. The molecule has 6 nitrogen and oxygen atoms in total. The Bertz CT molecular complexity index is 1200. The molecule has 3 heterocycles. The summed E-state index contributed by atoms with van der Waals surface area (Å²) >= 11 is 9.22. The van der Waals surface area contributed by atoms with Gasteiger partial charge >= 0.3 is 0 Å². The van der Waals surface area contributed by atoms with Gasteiger partial charge in [0.25, 0.3) is 0 Å². The number of para-hydroxylation sites is 2. The van der Waals surface area contributed by atoms with Gasteiger partial charge in [0.1, 0.15) is 5.82 Å². The fourth-order valence-electron chi connectivity index (χ4n) is 3.86. The number of hydrogen-bond donors (Lipinski definition) is 1. The fraction of sp³-hybridized carbons (Fsp3) is 0.318. The molecule has 1 aliphatic heterocycles. The highest BCUT2D eigenvalue weighted by atomic mass is 32.2. The number of thiazole rings is 1. The first-order valence-electron chi connectivity index (χ1n) is 10.3. The van der Waals surface area contributed by atoms with E-state index in [1.54, 1.807) is 23.1 Å². The van der Waals surface area contributed by atoms with Gasteiger partial charge < -0.3 is 5.11 Å². The number of nitrogens with zero attached hydrogens (tertiary/aromatic N) is 5. The molecule has 2 aromatic heterocycles. The summed E-state index contributed by atoms with van der Waals surface area (Å²) in [5, 5.41) is 14.9. The van der Waals surface area contributed by atoms with E-state index in [4.69, 9.17) is 22.3 Å². The van der Waals surface area contributed by atoms with Crippen LogP contribution in [0.3, 0.4) is 0 Å². The minimum absolute atomic E-state index is 0.270. The maximum absolute atomic E-state index is 10.0. The van der Waals surface area contributed by atoms with Crippen LogP contribution in [0.25, 0.3) is 15.9 Å². The van der Waals surface area contributed by atoms with Crippen molar-refractivity contribution in [3.05, 3.63) is 65.2 Å². The summed E-state index contributed by atoms with van der Waals surface area (Å²) < 4.78 is 6.83. The molecule has 1 saturated heterocycles. The Balaban J connectivity index is 1.43. The van der Waals surface area contributed by atoms with Gasteiger partial charge in [-0.15, -0.1) is 11.3 Å². The molecule has 1 N–H and O–H groups in total.